The number of aromatic nitrogens is 1. The molecule has 112 valence electrons. The highest BCUT2D eigenvalue weighted by Gasteiger charge is 2.22. The SMILES string of the molecule is Cc1cnc(NS(=O)(=O)c2cc(C(=O)O)cc(C)c2Br)s1. The summed E-state index contributed by atoms with van der Waals surface area (Å²) in [7, 11) is -3.92. The van der Waals surface area contributed by atoms with Crippen LogP contribution in [0.25, 0.3) is 0 Å². The number of rotatable bonds is 4. The minimum Gasteiger partial charge on any atom is -0.478 e. The largest absolute Gasteiger partial charge is 0.478 e. The van der Waals surface area contributed by atoms with Gasteiger partial charge in [-0.3, -0.25) is 4.72 Å². The second kappa shape index (κ2) is 5.74. The summed E-state index contributed by atoms with van der Waals surface area (Å²) in [6, 6.07) is 2.52. The molecule has 21 heavy (non-hydrogen) atoms. The molecule has 0 radical (unpaired) electrons. The van der Waals surface area contributed by atoms with Crippen molar-refractivity contribution in [1.82, 2.24) is 4.98 Å². The zero-order valence-electron chi connectivity index (χ0n) is 11.0. The molecule has 2 rings (SSSR count). The molecule has 0 fully saturated rings. The first kappa shape index (κ1) is 15.9. The molecular weight excluding hydrogens is 380 g/mol. The van der Waals surface area contributed by atoms with Gasteiger partial charge in [-0.05, 0) is 47.5 Å². The number of sulfonamides is 1. The van der Waals surface area contributed by atoms with Crippen LogP contribution < -0.4 is 4.72 Å². The topological polar surface area (TPSA) is 96.4 Å². The Morgan fingerprint density at radius 3 is 2.57 bits per heavy atom. The molecule has 0 spiro atoms. The smallest absolute Gasteiger partial charge is 0.335 e. The molecule has 1 aromatic carbocycles. The summed E-state index contributed by atoms with van der Waals surface area (Å²) in [5.74, 6) is -1.19. The fourth-order valence-corrected chi connectivity index (χ4v) is 4.58. The molecule has 0 amide bonds. The molecular formula is C12H11BrN2O4S2. The number of nitrogens with one attached hydrogen (secondary N) is 1. The van der Waals surface area contributed by atoms with Gasteiger partial charge in [0.1, 0.15) is 4.90 Å². The van der Waals surface area contributed by atoms with Crippen LogP contribution in [0.4, 0.5) is 5.13 Å². The van der Waals surface area contributed by atoms with Crippen LogP contribution in [0.5, 0.6) is 0 Å². The monoisotopic (exact) mass is 390 g/mol. The Morgan fingerprint density at radius 2 is 2.05 bits per heavy atom. The maximum Gasteiger partial charge on any atom is 0.335 e. The Balaban J connectivity index is 2.51. The molecule has 0 saturated heterocycles. The maximum atomic E-state index is 12.4. The van der Waals surface area contributed by atoms with Gasteiger partial charge in [0.2, 0.25) is 0 Å². The summed E-state index contributed by atoms with van der Waals surface area (Å²) in [6.07, 6.45) is 1.55. The van der Waals surface area contributed by atoms with E-state index in [1.54, 1.807) is 20.0 Å². The molecule has 9 heteroatoms. The van der Waals surface area contributed by atoms with E-state index in [1.807, 2.05) is 0 Å². The Labute approximate surface area is 134 Å². The molecule has 2 aromatic rings. The van der Waals surface area contributed by atoms with Crippen molar-refractivity contribution >= 4 is 48.4 Å². The van der Waals surface area contributed by atoms with Crippen LogP contribution in [0, 0.1) is 13.8 Å². The number of carboxylic acid groups (broad SMARTS) is 1. The fraction of sp³-hybridized carbons (Fsp3) is 0.167. The fourth-order valence-electron chi connectivity index (χ4n) is 1.63. The number of benzene rings is 1. The van der Waals surface area contributed by atoms with E-state index in [1.165, 1.54) is 17.4 Å². The summed E-state index contributed by atoms with van der Waals surface area (Å²) in [6.45, 7) is 3.43. The second-order valence-electron chi connectivity index (χ2n) is 4.29. The second-order valence-corrected chi connectivity index (χ2v) is 7.97. The lowest BCUT2D eigenvalue weighted by Crippen LogP contribution is -2.15. The van der Waals surface area contributed by atoms with Crippen molar-refractivity contribution in [3.05, 3.63) is 38.8 Å². The molecule has 0 saturated carbocycles. The van der Waals surface area contributed by atoms with Crippen LogP contribution in [0.1, 0.15) is 20.8 Å². The summed E-state index contributed by atoms with van der Waals surface area (Å²) in [5.41, 5.74) is 0.428. The first-order chi connectivity index (χ1) is 9.70. The van der Waals surface area contributed by atoms with Gasteiger partial charge < -0.3 is 5.11 Å². The lowest BCUT2D eigenvalue weighted by Gasteiger charge is -2.10. The molecule has 0 bridgehead atoms. The Hall–Kier alpha value is -1.45. The molecule has 0 atom stereocenters. The van der Waals surface area contributed by atoms with Crippen molar-refractivity contribution in [2.45, 2.75) is 18.7 Å². The first-order valence-electron chi connectivity index (χ1n) is 5.69. The van der Waals surface area contributed by atoms with E-state index in [0.29, 0.717) is 10.0 Å². The molecule has 1 aromatic heterocycles. The summed E-state index contributed by atoms with van der Waals surface area (Å²) >= 11 is 4.39. The molecule has 2 N–H and O–H groups in total. The predicted octanol–water partition coefficient (Wildman–Crippen LogP) is 3.02. The predicted molar refractivity (Wildman–Crippen MR) is 83.5 cm³/mol. The highest BCUT2D eigenvalue weighted by molar-refractivity contribution is 9.10. The van der Waals surface area contributed by atoms with Gasteiger partial charge in [0.25, 0.3) is 10.0 Å². The van der Waals surface area contributed by atoms with Gasteiger partial charge in [-0.25, -0.2) is 18.2 Å². The molecule has 0 aliphatic carbocycles. The number of anilines is 1. The van der Waals surface area contributed by atoms with Crippen molar-refractivity contribution in [3.63, 3.8) is 0 Å². The molecule has 6 nitrogen and oxygen atoms in total. The first-order valence-corrected chi connectivity index (χ1v) is 8.78. The number of aromatic carboxylic acids is 1. The zero-order valence-corrected chi connectivity index (χ0v) is 14.3. The third-order valence-corrected chi connectivity index (χ3v) is 6.24. The average Bonchev–Trinajstić information content (AvgIpc) is 2.76. The van der Waals surface area contributed by atoms with Gasteiger partial charge >= 0.3 is 5.97 Å². The normalized spacial score (nSPS) is 11.4. The van der Waals surface area contributed by atoms with Crippen molar-refractivity contribution in [3.8, 4) is 0 Å². The number of thiazole rings is 1. The minimum atomic E-state index is -3.92. The van der Waals surface area contributed by atoms with Gasteiger partial charge in [0.05, 0.1) is 5.56 Å². The third-order valence-electron chi connectivity index (χ3n) is 2.60. The number of carboxylic acids is 1. The van der Waals surface area contributed by atoms with Crippen molar-refractivity contribution in [1.29, 1.82) is 0 Å². The number of carbonyl (C=O) groups is 1. The van der Waals surface area contributed by atoms with Gasteiger partial charge in [-0.15, -0.1) is 11.3 Å². The number of aryl methyl sites for hydroxylation is 2. The number of hydrogen-bond donors (Lipinski definition) is 2. The Morgan fingerprint density at radius 1 is 1.38 bits per heavy atom. The number of halogens is 1. The van der Waals surface area contributed by atoms with Crippen LogP contribution >= 0.6 is 27.3 Å². The van der Waals surface area contributed by atoms with Crippen molar-refractivity contribution < 1.29 is 18.3 Å². The van der Waals surface area contributed by atoms with E-state index in [9.17, 15) is 13.2 Å². The minimum absolute atomic E-state index is 0.0913. The summed E-state index contributed by atoms with van der Waals surface area (Å²) in [4.78, 5) is 15.7. The van der Waals surface area contributed by atoms with Crippen LogP contribution in [-0.4, -0.2) is 24.5 Å². The van der Waals surface area contributed by atoms with Crippen LogP contribution in [-0.2, 0) is 10.0 Å². The van der Waals surface area contributed by atoms with E-state index < -0.39 is 16.0 Å². The van der Waals surface area contributed by atoms with E-state index >= 15 is 0 Å². The highest BCUT2D eigenvalue weighted by atomic mass is 79.9. The van der Waals surface area contributed by atoms with E-state index in [-0.39, 0.29) is 15.6 Å². The van der Waals surface area contributed by atoms with E-state index in [2.05, 4.69) is 25.6 Å². The Bertz CT molecular complexity index is 815. The third kappa shape index (κ3) is 3.42. The van der Waals surface area contributed by atoms with Crippen LogP contribution in [0.15, 0.2) is 27.7 Å². The van der Waals surface area contributed by atoms with Crippen LogP contribution in [0.2, 0.25) is 0 Å². The highest BCUT2D eigenvalue weighted by Crippen LogP contribution is 2.29. The van der Waals surface area contributed by atoms with E-state index in [0.717, 1.165) is 10.9 Å². The quantitative estimate of drug-likeness (QED) is 0.835. The van der Waals surface area contributed by atoms with Gasteiger partial charge in [-0.1, -0.05) is 0 Å². The average molecular weight is 391 g/mol. The number of hydrogen-bond acceptors (Lipinski definition) is 5. The lowest BCUT2D eigenvalue weighted by molar-refractivity contribution is 0.0696. The Kier molecular flexibility index (Phi) is 4.35. The van der Waals surface area contributed by atoms with Gasteiger partial charge in [0, 0.05) is 15.5 Å². The standard InChI is InChI=1S/C12H11BrN2O4S2/c1-6-3-8(11(16)17)4-9(10(6)13)21(18,19)15-12-14-5-7(2)20-12/h3-5H,1-2H3,(H,14,15)(H,16,17). The van der Waals surface area contributed by atoms with E-state index in [4.69, 9.17) is 5.11 Å². The van der Waals surface area contributed by atoms with Crippen molar-refractivity contribution in [2.24, 2.45) is 0 Å². The number of nitrogens with zero attached hydrogens (tertiary/aromatic N) is 1. The van der Waals surface area contributed by atoms with Crippen molar-refractivity contribution in [2.75, 3.05) is 4.72 Å². The molecule has 0 aliphatic rings. The molecule has 0 aliphatic heterocycles. The summed E-state index contributed by atoms with van der Waals surface area (Å²) in [5, 5.41) is 9.28. The van der Waals surface area contributed by atoms with Crippen LogP contribution in [0.3, 0.4) is 0 Å². The molecule has 0 unspecified atom stereocenters. The lowest BCUT2D eigenvalue weighted by atomic mass is 10.1. The zero-order chi connectivity index (χ0) is 15.8. The van der Waals surface area contributed by atoms with Gasteiger partial charge in [-0.2, -0.15) is 0 Å². The molecule has 1 heterocycles. The summed E-state index contributed by atoms with van der Waals surface area (Å²) < 4.78 is 27.5. The van der Waals surface area contributed by atoms with Gasteiger partial charge in [0.15, 0.2) is 5.13 Å². The maximum absolute atomic E-state index is 12.4.